The molecular formula is C11H17ClN2O2. The third kappa shape index (κ3) is 3.89. The van der Waals surface area contributed by atoms with Gasteiger partial charge in [-0.15, -0.1) is 0 Å². The topological polar surface area (TPSA) is 67.5 Å². The number of aliphatic hydroxyl groups excluding tert-OH is 1. The van der Waals surface area contributed by atoms with Crippen molar-refractivity contribution < 1.29 is 9.84 Å². The molecule has 0 fully saturated rings. The van der Waals surface area contributed by atoms with Crippen LogP contribution in [0.4, 0.5) is 11.4 Å². The van der Waals surface area contributed by atoms with Crippen LogP contribution in [0.3, 0.4) is 0 Å². The molecule has 0 saturated carbocycles. The van der Waals surface area contributed by atoms with E-state index in [1.807, 2.05) is 0 Å². The Hall–Kier alpha value is -0.970. The van der Waals surface area contributed by atoms with Gasteiger partial charge in [-0.05, 0) is 24.6 Å². The van der Waals surface area contributed by atoms with E-state index >= 15 is 0 Å². The summed E-state index contributed by atoms with van der Waals surface area (Å²) in [6.45, 7) is 0.605. The molecule has 0 aliphatic rings. The first-order valence-corrected chi connectivity index (χ1v) is 5.46. The lowest BCUT2D eigenvalue weighted by molar-refractivity contribution is 0.170. The van der Waals surface area contributed by atoms with E-state index in [1.54, 1.807) is 25.3 Å². The Kier molecular flexibility index (Phi) is 5.38. The minimum Gasteiger partial charge on any atom is -0.397 e. The normalized spacial score (nSPS) is 12.4. The molecule has 0 saturated heterocycles. The summed E-state index contributed by atoms with van der Waals surface area (Å²) in [5.41, 5.74) is 7.20. The van der Waals surface area contributed by atoms with Gasteiger partial charge in [0.15, 0.2) is 0 Å². The van der Waals surface area contributed by atoms with Crippen LogP contribution in [0.25, 0.3) is 0 Å². The second kappa shape index (κ2) is 6.58. The molecule has 0 aliphatic carbocycles. The lowest BCUT2D eigenvalue weighted by Crippen LogP contribution is -2.26. The zero-order valence-corrected chi connectivity index (χ0v) is 10.00. The van der Waals surface area contributed by atoms with Crippen molar-refractivity contribution in [2.24, 2.45) is 0 Å². The van der Waals surface area contributed by atoms with Gasteiger partial charge in [-0.2, -0.15) is 0 Å². The number of nitrogens with two attached hydrogens (primary N) is 1. The van der Waals surface area contributed by atoms with Crippen molar-refractivity contribution in [1.29, 1.82) is 0 Å². The molecule has 0 aromatic heterocycles. The van der Waals surface area contributed by atoms with Crippen LogP contribution in [0.5, 0.6) is 0 Å². The molecule has 1 rings (SSSR count). The Balaban J connectivity index is 2.71. The summed E-state index contributed by atoms with van der Waals surface area (Å²) in [6.07, 6.45) is 0.597. The summed E-state index contributed by atoms with van der Waals surface area (Å²) >= 11 is 5.88. The van der Waals surface area contributed by atoms with Crippen molar-refractivity contribution >= 4 is 23.0 Å². The lowest BCUT2D eigenvalue weighted by atomic mass is 10.2. The van der Waals surface area contributed by atoms with Gasteiger partial charge in [0.25, 0.3) is 0 Å². The summed E-state index contributed by atoms with van der Waals surface area (Å²) in [5, 5.41) is 12.7. The maximum absolute atomic E-state index is 8.91. The van der Waals surface area contributed by atoms with Crippen molar-refractivity contribution in [3.8, 4) is 0 Å². The number of anilines is 2. The number of benzene rings is 1. The fourth-order valence-corrected chi connectivity index (χ4v) is 1.60. The third-order valence-corrected chi connectivity index (χ3v) is 2.46. The van der Waals surface area contributed by atoms with E-state index in [0.29, 0.717) is 23.7 Å². The Morgan fingerprint density at radius 3 is 2.94 bits per heavy atom. The summed E-state index contributed by atoms with van der Waals surface area (Å²) in [5.74, 6) is 0. The molecular weight excluding hydrogens is 228 g/mol. The summed E-state index contributed by atoms with van der Waals surface area (Å²) < 4.78 is 5.05. The highest BCUT2D eigenvalue weighted by Gasteiger charge is 2.09. The van der Waals surface area contributed by atoms with Gasteiger partial charge in [-0.3, -0.25) is 0 Å². The Morgan fingerprint density at radius 2 is 2.31 bits per heavy atom. The summed E-state index contributed by atoms with van der Waals surface area (Å²) in [7, 11) is 1.62. The molecule has 1 atom stereocenters. The van der Waals surface area contributed by atoms with Gasteiger partial charge >= 0.3 is 0 Å². The number of ether oxygens (including phenoxy) is 1. The van der Waals surface area contributed by atoms with E-state index in [1.165, 1.54) is 0 Å². The van der Waals surface area contributed by atoms with Crippen LogP contribution < -0.4 is 11.1 Å². The number of aliphatic hydroxyl groups is 1. The van der Waals surface area contributed by atoms with Crippen molar-refractivity contribution in [1.82, 2.24) is 0 Å². The lowest BCUT2D eigenvalue weighted by Gasteiger charge is -2.19. The first kappa shape index (κ1) is 13.1. The van der Waals surface area contributed by atoms with E-state index in [0.717, 1.165) is 5.69 Å². The minimum absolute atomic E-state index is 0.0239. The molecule has 1 unspecified atom stereocenters. The molecule has 0 bridgehead atoms. The quantitative estimate of drug-likeness (QED) is 0.667. The zero-order chi connectivity index (χ0) is 12.0. The van der Waals surface area contributed by atoms with Crippen molar-refractivity contribution in [2.75, 3.05) is 31.4 Å². The Labute approximate surface area is 100 Å². The molecule has 0 aliphatic heterocycles. The molecule has 5 heteroatoms. The third-order valence-electron chi connectivity index (χ3n) is 2.22. The van der Waals surface area contributed by atoms with Crippen LogP contribution in [0.15, 0.2) is 18.2 Å². The molecule has 0 spiro atoms. The smallest absolute Gasteiger partial charge is 0.0664 e. The number of methoxy groups -OCH3 is 1. The zero-order valence-electron chi connectivity index (χ0n) is 9.24. The SMILES string of the molecule is COCC(CCO)Nc1cc(Cl)ccc1N. The van der Waals surface area contributed by atoms with E-state index < -0.39 is 0 Å². The molecule has 4 N–H and O–H groups in total. The Bertz CT molecular complexity index is 328. The fourth-order valence-electron chi connectivity index (χ4n) is 1.43. The average Bonchev–Trinajstić information content (AvgIpc) is 2.24. The average molecular weight is 245 g/mol. The number of nitrogen functional groups attached to an aromatic ring is 1. The second-order valence-electron chi connectivity index (χ2n) is 3.54. The summed E-state index contributed by atoms with van der Waals surface area (Å²) in [4.78, 5) is 0. The Morgan fingerprint density at radius 1 is 1.56 bits per heavy atom. The molecule has 1 aromatic rings. The number of halogens is 1. The van der Waals surface area contributed by atoms with Crippen molar-refractivity contribution in [3.05, 3.63) is 23.2 Å². The van der Waals surface area contributed by atoms with Crippen molar-refractivity contribution in [3.63, 3.8) is 0 Å². The standard InChI is InChI=1S/C11H17ClN2O2/c1-16-7-9(4-5-15)14-11-6-8(12)2-3-10(11)13/h2-3,6,9,14-15H,4-5,7,13H2,1H3. The monoisotopic (exact) mass is 244 g/mol. The van der Waals surface area contributed by atoms with Gasteiger partial charge in [-0.1, -0.05) is 11.6 Å². The van der Waals surface area contributed by atoms with Crippen LogP contribution in [-0.2, 0) is 4.74 Å². The van der Waals surface area contributed by atoms with Crippen LogP contribution in [-0.4, -0.2) is 31.5 Å². The number of rotatable bonds is 6. The predicted molar refractivity (Wildman–Crippen MR) is 66.9 cm³/mol. The maximum Gasteiger partial charge on any atom is 0.0664 e. The van der Waals surface area contributed by atoms with Crippen LogP contribution in [0.2, 0.25) is 5.02 Å². The maximum atomic E-state index is 8.91. The molecule has 0 radical (unpaired) electrons. The highest BCUT2D eigenvalue weighted by atomic mass is 35.5. The summed E-state index contributed by atoms with van der Waals surface area (Å²) in [6, 6.07) is 5.26. The number of nitrogens with one attached hydrogen (secondary N) is 1. The molecule has 0 heterocycles. The molecule has 90 valence electrons. The van der Waals surface area contributed by atoms with E-state index in [4.69, 9.17) is 27.2 Å². The van der Waals surface area contributed by atoms with Crippen molar-refractivity contribution in [2.45, 2.75) is 12.5 Å². The first-order valence-electron chi connectivity index (χ1n) is 5.08. The second-order valence-corrected chi connectivity index (χ2v) is 3.98. The number of hydrogen-bond acceptors (Lipinski definition) is 4. The molecule has 1 aromatic carbocycles. The number of hydrogen-bond donors (Lipinski definition) is 3. The van der Waals surface area contributed by atoms with Crippen LogP contribution in [0.1, 0.15) is 6.42 Å². The van der Waals surface area contributed by atoms with Gasteiger partial charge in [-0.25, -0.2) is 0 Å². The first-order chi connectivity index (χ1) is 7.67. The van der Waals surface area contributed by atoms with E-state index in [-0.39, 0.29) is 12.6 Å². The minimum atomic E-state index is 0.0239. The molecule has 0 amide bonds. The van der Waals surface area contributed by atoms with Crippen LogP contribution >= 0.6 is 11.6 Å². The van der Waals surface area contributed by atoms with Gasteiger partial charge < -0.3 is 20.9 Å². The molecule has 16 heavy (non-hydrogen) atoms. The highest BCUT2D eigenvalue weighted by molar-refractivity contribution is 6.31. The molecule has 4 nitrogen and oxygen atoms in total. The van der Waals surface area contributed by atoms with Gasteiger partial charge in [0.2, 0.25) is 0 Å². The van der Waals surface area contributed by atoms with Gasteiger partial charge in [0.1, 0.15) is 0 Å². The largest absolute Gasteiger partial charge is 0.397 e. The predicted octanol–water partition coefficient (Wildman–Crippen LogP) is 1.73. The van der Waals surface area contributed by atoms with Crippen LogP contribution in [0, 0.1) is 0 Å². The fraction of sp³-hybridized carbons (Fsp3) is 0.455. The van der Waals surface area contributed by atoms with Gasteiger partial charge in [0.05, 0.1) is 24.0 Å². The highest BCUT2D eigenvalue weighted by Crippen LogP contribution is 2.23. The van der Waals surface area contributed by atoms with E-state index in [2.05, 4.69) is 5.32 Å². The van der Waals surface area contributed by atoms with E-state index in [9.17, 15) is 0 Å². The van der Waals surface area contributed by atoms with Gasteiger partial charge in [0, 0.05) is 18.7 Å².